The van der Waals surface area contributed by atoms with Gasteiger partial charge in [-0.05, 0) is 36.8 Å². The number of pyridine rings is 1. The van der Waals surface area contributed by atoms with Crippen molar-refractivity contribution < 1.29 is 8.78 Å². The number of rotatable bonds is 4. The van der Waals surface area contributed by atoms with Crippen LogP contribution in [0.1, 0.15) is 24.1 Å². The van der Waals surface area contributed by atoms with Crippen LogP contribution in [0.15, 0.2) is 42.7 Å². The predicted octanol–water partition coefficient (Wildman–Crippen LogP) is 3.21. The quantitative estimate of drug-likeness (QED) is 0.898. The number of halogens is 2. The van der Waals surface area contributed by atoms with Crippen LogP contribution in [0, 0.1) is 11.6 Å². The van der Waals surface area contributed by atoms with Crippen molar-refractivity contribution in [2.45, 2.75) is 19.5 Å². The van der Waals surface area contributed by atoms with Gasteiger partial charge in [0.1, 0.15) is 11.6 Å². The first kappa shape index (κ1) is 12.6. The Morgan fingerprint density at radius 2 is 1.72 bits per heavy atom. The first-order valence-corrected chi connectivity index (χ1v) is 5.74. The van der Waals surface area contributed by atoms with Gasteiger partial charge in [0.25, 0.3) is 0 Å². The van der Waals surface area contributed by atoms with Gasteiger partial charge in [0.2, 0.25) is 0 Å². The molecule has 4 heteroatoms. The zero-order valence-corrected chi connectivity index (χ0v) is 10.0. The van der Waals surface area contributed by atoms with Crippen molar-refractivity contribution in [3.8, 4) is 0 Å². The topological polar surface area (TPSA) is 24.9 Å². The van der Waals surface area contributed by atoms with Crippen molar-refractivity contribution in [3.05, 3.63) is 65.5 Å². The zero-order valence-electron chi connectivity index (χ0n) is 10.0. The molecule has 2 rings (SSSR count). The minimum atomic E-state index is -0.524. The lowest BCUT2D eigenvalue weighted by molar-refractivity contribution is 0.509. The van der Waals surface area contributed by atoms with Crippen molar-refractivity contribution >= 4 is 0 Å². The second kappa shape index (κ2) is 5.69. The summed E-state index contributed by atoms with van der Waals surface area (Å²) in [5.41, 5.74) is 1.10. The van der Waals surface area contributed by atoms with Gasteiger partial charge in [0.15, 0.2) is 0 Å². The second-order valence-electron chi connectivity index (χ2n) is 4.08. The number of aromatic nitrogens is 1. The van der Waals surface area contributed by atoms with Gasteiger partial charge in [-0.25, -0.2) is 8.78 Å². The largest absolute Gasteiger partial charge is 0.306 e. The molecule has 0 spiro atoms. The standard InChI is InChI=1S/C14H14F2N2/c1-10(11-5-7-17-8-6-11)18-9-12-13(15)3-2-4-14(12)16/h2-8,10,18H,9H2,1H3/t10-/m1/s1. The molecule has 0 aliphatic heterocycles. The molecule has 2 nitrogen and oxygen atoms in total. The molecule has 0 fully saturated rings. The fraction of sp³-hybridized carbons (Fsp3) is 0.214. The normalized spacial score (nSPS) is 12.4. The molecule has 2 aromatic rings. The van der Waals surface area contributed by atoms with E-state index >= 15 is 0 Å². The van der Waals surface area contributed by atoms with E-state index in [4.69, 9.17) is 0 Å². The summed E-state index contributed by atoms with van der Waals surface area (Å²) in [4.78, 5) is 3.93. The van der Waals surface area contributed by atoms with E-state index in [2.05, 4.69) is 10.3 Å². The molecule has 0 radical (unpaired) electrons. The highest BCUT2D eigenvalue weighted by molar-refractivity contribution is 5.20. The molecule has 1 aromatic carbocycles. The molecule has 0 aliphatic carbocycles. The van der Waals surface area contributed by atoms with Crippen LogP contribution in [0.4, 0.5) is 8.78 Å². The summed E-state index contributed by atoms with van der Waals surface area (Å²) in [5, 5.41) is 3.09. The Balaban J connectivity index is 2.04. The monoisotopic (exact) mass is 248 g/mol. The van der Waals surface area contributed by atoms with E-state index < -0.39 is 11.6 Å². The number of nitrogens with one attached hydrogen (secondary N) is 1. The van der Waals surface area contributed by atoms with Crippen LogP contribution in [-0.4, -0.2) is 4.98 Å². The molecular formula is C14H14F2N2. The molecule has 0 saturated carbocycles. The molecule has 0 unspecified atom stereocenters. The first-order chi connectivity index (χ1) is 8.68. The van der Waals surface area contributed by atoms with Crippen molar-refractivity contribution in [2.24, 2.45) is 0 Å². The maximum Gasteiger partial charge on any atom is 0.130 e. The molecule has 1 N–H and O–H groups in total. The van der Waals surface area contributed by atoms with Crippen LogP contribution < -0.4 is 5.32 Å². The van der Waals surface area contributed by atoms with Crippen molar-refractivity contribution in [2.75, 3.05) is 0 Å². The Morgan fingerprint density at radius 1 is 1.11 bits per heavy atom. The van der Waals surface area contributed by atoms with E-state index in [-0.39, 0.29) is 18.2 Å². The van der Waals surface area contributed by atoms with Gasteiger partial charge in [0.05, 0.1) is 0 Å². The average Bonchev–Trinajstić information content (AvgIpc) is 2.39. The van der Waals surface area contributed by atoms with Crippen molar-refractivity contribution in [1.29, 1.82) is 0 Å². The molecular weight excluding hydrogens is 234 g/mol. The highest BCUT2D eigenvalue weighted by atomic mass is 19.1. The zero-order chi connectivity index (χ0) is 13.0. The van der Waals surface area contributed by atoms with E-state index in [0.29, 0.717) is 0 Å². The molecule has 1 heterocycles. The average molecular weight is 248 g/mol. The summed E-state index contributed by atoms with van der Waals surface area (Å²) in [6, 6.07) is 7.63. The van der Waals surface area contributed by atoms with Gasteiger partial charge in [-0.3, -0.25) is 4.98 Å². The SMILES string of the molecule is C[C@@H](NCc1c(F)cccc1F)c1ccncc1. The van der Waals surface area contributed by atoms with Gasteiger partial charge in [-0.15, -0.1) is 0 Å². The molecule has 0 amide bonds. The fourth-order valence-electron chi connectivity index (χ4n) is 1.73. The van der Waals surface area contributed by atoms with E-state index in [1.54, 1.807) is 12.4 Å². The van der Waals surface area contributed by atoms with Crippen LogP contribution in [0.2, 0.25) is 0 Å². The van der Waals surface area contributed by atoms with E-state index in [1.807, 2.05) is 19.1 Å². The van der Waals surface area contributed by atoms with Crippen molar-refractivity contribution in [3.63, 3.8) is 0 Å². The Labute approximate surface area is 105 Å². The summed E-state index contributed by atoms with van der Waals surface area (Å²) >= 11 is 0. The maximum absolute atomic E-state index is 13.4. The summed E-state index contributed by atoms with van der Waals surface area (Å²) in [6.07, 6.45) is 3.38. The summed E-state index contributed by atoms with van der Waals surface area (Å²) in [7, 11) is 0. The number of hydrogen-bond acceptors (Lipinski definition) is 2. The van der Waals surface area contributed by atoms with Crippen LogP contribution in [0.3, 0.4) is 0 Å². The number of nitrogens with zero attached hydrogens (tertiary/aromatic N) is 1. The number of hydrogen-bond donors (Lipinski definition) is 1. The van der Waals surface area contributed by atoms with E-state index in [0.717, 1.165) is 5.56 Å². The third-order valence-electron chi connectivity index (χ3n) is 2.85. The molecule has 1 atom stereocenters. The van der Waals surface area contributed by atoms with Crippen LogP contribution in [0.25, 0.3) is 0 Å². The van der Waals surface area contributed by atoms with E-state index in [1.165, 1.54) is 18.2 Å². The predicted molar refractivity (Wildman–Crippen MR) is 65.8 cm³/mol. The fourth-order valence-corrected chi connectivity index (χ4v) is 1.73. The van der Waals surface area contributed by atoms with Gasteiger partial charge < -0.3 is 5.32 Å². The Bertz CT molecular complexity index is 494. The first-order valence-electron chi connectivity index (χ1n) is 5.74. The van der Waals surface area contributed by atoms with Gasteiger partial charge >= 0.3 is 0 Å². The Kier molecular flexibility index (Phi) is 3.99. The highest BCUT2D eigenvalue weighted by Gasteiger charge is 2.10. The van der Waals surface area contributed by atoms with Crippen molar-refractivity contribution in [1.82, 2.24) is 10.3 Å². The van der Waals surface area contributed by atoms with Gasteiger partial charge in [0, 0.05) is 30.5 Å². The van der Waals surface area contributed by atoms with Gasteiger partial charge in [-0.2, -0.15) is 0 Å². The molecule has 0 saturated heterocycles. The van der Waals surface area contributed by atoms with Crippen LogP contribution >= 0.6 is 0 Å². The number of benzene rings is 1. The summed E-state index contributed by atoms with van der Waals surface area (Å²) < 4.78 is 26.8. The molecule has 0 aliphatic rings. The summed E-state index contributed by atoms with van der Waals surface area (Å²) in [5.74, 6) is -1.05. The third-order valence-corrected chi connectivity index (χ3v) is 2.85. The second-order valence-corrected chi connectivity index (χ2v) is 4.08. The Hall–Kier alpha value is -1.81. The third kappa shape index (κ3) is 2.90. The maximum atomic E-state index is 13.4. The Morgan fingerprint density at radius 3 is 2.33 bits per heavy atom. The minimum Gasteiger partial charge on any atom is -0.306 e. The highest BCUT2D eigenvalue weighted by Crippen LogP contribution is 2.15. The lowest BCUT2D eigenvalue weighted by atomic mass is 10.1. The molecule has 0 bridgehead atoms. The minimum absolute atomic E-state index is 0.00649. The van der Waals surface area contributed by atoms with Gasteiger partial charge in [-0.1, -0.05) is 6.07 Å². The lowest BCUT2D eigenvalue weighted by Gasteiger charge is -2.14. The molecule has 94 valence electrons. The molecule has 18 heavy (non-hydrogen) atoms. The molecule has 1 aromatic heterocycles. The summed E-state index contributed by atoms with van der Waals surface area (Å²) in [6.45, 7) is 2.09. The lowest BCUT2D eigenvalue weighted by Crippen LogP contribution is -2.19. The van der Waals surface area contributed by atoms with Crippen LogP contribution in [0.5, 0.6) is 0 Å². The van der Waals surface area contributed by atoms with Crippen LogP contribution in [-0.2, 0) is 6.54 Å². The smallest absolute Gasteiger partial charge is 0.130 e. The van der Waals surface area contributed by atoms with E-state index in [9.17, 15) is 8.78 Å².